The average molecular weight is 556 g/mol. The summed E-state index contributed by atoms with van der Waals surface area (Å²) in [6.45, 7) is 10.0. The van der Waals surface area contributed by atoms with Crippen molar-refractivity contribution in [2.45, 2.75) is 52.7 Å². The van der Waals surface area contributed by atoms with Crippen LogP contribution in [0.25, 0.3) is 16.6 Å². The molecule has 0 fully saturated rings. The number of imide groups is 1. The number of carbonyl (C=O) groups excluding carboxylic acids is 2. The summed E-state index contributed by atoms with van der Waals surface area (Å²) in [7, 11) is 0. The fraction of sp³-hybridized carbons (Fsp3) is 0.308. The van der Waals surface area contributed by atoms with Crippen LogP contribution in [0.3, 0.4) is 0 Å². The Balaban J connectivity index is 1.70. The zero-order chi connectivity index (χ0) is 28.5. The molecule has 3 heterocycles. The van der Waals surface area contributed by atoms with E-state index in [0.29, 0.717) is 21.6 Å². The molecule has 0 unspecified atom stereocenters. The van der Waals surface area contributed by atoms with E-state index in [2.05, 4.69) is 25.4 Å². The van der Waals surface area contributed by atoms with Gasteiger partial charge in [-0.1, -0.05) is 17.7 Å². The van der Waals surface area contributed by atoms with Crippen molar-refractivity contribution in [1.82, 2.24) is 24.7 Å². The van der Waals surface area contributed by atoms with E-state index in [1.54, 1.807) is 59.9 Å². The van der Waals surface area contributed by atoms with E-state index in [0.717, 1.165) is 0 Å². The van der Waals surface area contributed by atoms with Crippen molar-refractivity contribution in [3.63, 3.8) is 0 Å². The van der Waals surface area contributed by atoms with Gasteiger partial charge in [-0.15, -0.1) is 0 Å². The van der Waals surface area contributed by atoms with Gasteiger partial charge in [0.15, 0.2) is 5.82 Å². The third kappa shape index (κ3) is 6.58. The Hall–Kier alpha value is -4.32. The number of benzene rings is 1. The van der Waals surface area contributed by atoms with Crippen molar-refractivity contribution >= 4 is 52.1 Å². The number of hydrogen-bond donors (Lipinski definition) is 1. The zero-order valence-electron chi connectivity index (χ0n) is 22.2. The third-order valence-corrected chi connectivity index (χ3v) is 5.19. The van der Waals surface area contributed by atoms with Gasteiger partial charge >= 0.3 is 12.2 Å². The molecule has 4 aromatic rings. The summed E-state index contributed by atoms with van der Waals surface area (Å²) in [5.74, 6) is -0.0923. The lowest BCUT2D eigenvalue weighted by atomic mass is 10.2. The molecule has 0 aliphatic carbocycles. The molecule has 1 aromatic carbocycles. The fourth-order valence-corrected chi connectivity index (χ4v) is 3.65. The summed E-state index contributed by atoms with van der Waals surface area (Å²) in [4.78, 5) is 39.3. The number of ether oxygens (including phenoxy) is 2. The Bertz CT molecular complexity index is 1500. The maximum Gasteiger partial charge on any atom is 0.425 e. The highest BCUT2D eigenvalue weighted by atomic mass is 35.5. The van der Waals surface area contributed by atoms with Crippen LogP contribution in [-0.4, -0.2) is 48.1 Å². The van der Waals surface area contributed by atoms with Crippen molar-refractivity contribution in [1.29, 1.82) is 0 Å². The Morgan fingerprint density at radius 2 is 1.67 bits per heavy atom. The van der Waals surface area contributed by atoms with Gasteiger partial charge in [0, 0.05) is 18.5 Å². The first-order valence-corrected chi connectivity index (χ1v) is 12.2. The van der Waals surface area contributed by atoms with Gasteiger partial charge in [0.2, 0.25) is 0 Å². The topological polar surface area (TPSA) is 124 Å². The Kier molecular flexibility index (Phi) is 7.42. The molecule has 0 spiro atoms. The number of fused-ring (bicyclic) bond motifs is 1. The molecule has 11 nitrogen and oxygen atoms in total. The summed E-state index contributed by atoms with van der Waals surface area (Å²) in [6, 6.07) is 7.38. The maximum atomic E-state index is 14.5. The van der Waals surface area contributed by atoms with Gasteiger partial charge in [-0.2, -0.15) is 10.00 Å². The van der Waals surface area contributed by atoms with Crippen molar-refractivity contribution in [2.75, 3.05) is 10.2 Å². The number of rotatable bonds is 4. The van der Waals surface area contributed by atoms with Gasteiger partial charge in [-0.3, -0.25) is 0 Å². The Labute approximate surface area is 228 Å². The van der Waals surface area contributed by atoms with Crippen LogP contribution >= 0.6 is 11.6 Å². The molecule has 0 radical (unpaired) electrons. The number of amides is 2. The van der Waals surface area contributed by atoms with E-state index in [1.807, 2.05) is 0 Å². The molecule has 13 heteroatoms. The smallest absolute Gasteiger partial charge is 0.425 e. The number of para-hydroxylation sites is 1. The van der Waals surface area contributed by atoms with Gasteiger partial charge < -0.3 is 14.8 Å². The second-order valence-electron chi connectivity index (χ2n) is 10.4. The van der Waals surface area contributed by atoms with Crippen LogP contribution in [0.4, 0.5) is 31.4 Å². The molecule has 204 valence electrons. The summed E-state index contributed by atoms with van der Waals surface area (Å²) in [5, 5.41) is 8.18. The molecular weight excluding hydrogens is 529 g/mol. The number of nitrogens with one attached hydrogen (secondary N) is 1. The molecule has 0 saturated carbocycles. The molecule has 39 heavy (non-hydrogen) atoms. The first kappa shape index (κ1) is 27.7. The molecule has 0 atom stereocenters. The number of pyridine rings is 1. The van der Waals surface area contributed by atoms with Gasteiger partial charge in [-0.05, 0) is 59.7 Å². The number of nitrogens with zero attached hydrogens (tertiary/aromatic N) is 6. The van der Waals surface area contributed by atoms with Gasteiger partial charge in [0.25, 0.3) is 0 Å². The van der Waals surface area contributed by atoms with Crippen molar-refractivity contribution < 1.29 is 23.5 Å². The highest BCUT2D eigenvalue weighted by Crippen LogP contribution is 2.29. The van der Waals surface area contributed by atoms with Crippen LogP contribution in [0.2, 0.25) is 5.02 Å². The number of halogens is 2. The molecule has 4 rings (SSSR count). The highest BCUT2D eigenvalue weighted by Gasteiger charge is 2.34. The fourth-order valence-electron chi connectivity index (χ4n) is 3.40. The van der Waals surface area contributed by atoms with Crippen LogP contribution in [0, 0.1) is 5.82 Å². The van der Waals surface area contributed by atoms with Gasteiger partial charge in [0.05, 0.1) is 15.9 Å². The van der Waals surface area contributed by atoms with Crippen LogP contribution < -0.4 is 10.2 Å². The van der Waals surface area contributed by atoms with E-state index in [1.165, 1.54) is 35.4 Å². The van der Waals surface area contributed by atoms with E-state index in [-0.39, 0.29) is 22.3 Å². The monoisotopic (exact) mass is 555 g/mol. The second-order valence-corrected chi connectivity index (χ2v) is 10.8. The predicted molar refractivity (Wildman–Crippen MR) is 144 cm³/mol. The van der Waals surface area contributed by atoms with Crippen LogP contribution in [-0.2, 0) is 9.47 Å². The van der Waals surface area contributed by atoms with E-state index < -0.39 is 29.2 Å². The minimum Gasteiger partial charge on any atom is -0.443 e. The lowest BCUT2D eigenvalue weighted by Gasteiger charge is -2.28. The lowest BCUT2D eigenvalue weighted by molar-refractivity contribution is 0.0429. The van der Waals surface area contributed by atoms with Gasteiger partial charge in [0.1, 0.15) is 40.7 Å². The maximum absolute atomic E-state index is 14.5. The summed E-state index contributed by atoms with van der Waals surface area (Å²) < 4.78 is 26.6. The van der Waals surface area contributed by atoms with Crippen molar-refractivity contribution in [2.24, 2.45) is 0 Å². The van der Waals surface area contributed by atoms with Gasteiger partial charge in [-0.25, -0.2) is 33.6 Å². The zero-order valence-corrected chi connectivity index (χ0v) is 22.9. The van der Waals surface area contributed by atoms with Crippen LogP contribution in [0.1, 0.15) is 41.5 Å². The molecule has 0 aliphatic heterocycles. The summed E-state index contributed by atoms with van der Waals surface area (Å²) in [5.41, 5.74) is -1.17. The number of aromatic nitrogens is 5. The number of anilines is 3. The van der Waals surface area contributed by atoms with Crippen LogP contribution in [0.5, 0.6) is 0 Å². The SMILES string of the molecule is CC(C)(C)OC(=O)N(C(=O)OC(C)(C)C)c1cc(Nc2nccc3nn(-c4c(F)cccc4Cl)cc23)ncn1. The molecule has 3 aromatic heterocycles. The van der Waals surface area contributed by atoms with Crippen molar-refractivity contribution in [3.8, 4) is 5.69 Å². The molecule has 1 N–H and O–H groups in total. The lowest BCUT2D eigenvalue weighted by Crippen LogP contribution is -2.44. The van der Waals surface area contributed by atoms with E-state index in [4.69, 9.17) is 21.1 Å². The largest absolute Gasteiger partial charge is 0.443 e. The second kappa shape index (κ2) is 10.4. The molecule has 0 bridgehead atoms. The Morgan fingerprint density at radius 3 is 2.28 bits per heavy atom. The quantitative estimate of drug-likeness (QED) is 0.303. The molecule has 2 amide bonds. The number of carbonyl (C=O) groups is 2. The highest BCUT2D eigenvalue weighted by molar-refractivity contribution is 6.32. The molecular formula is C26H27ClFN7O4. The van der Waals surface area contributed by atoms with E-state index >= 15 is 0 Å². The molecule has 0 aliphatic rings. The third-order valence-electron chi connectivity index (χ3n) is 4.88. The van der Waals surface area contributed by atoms with Crippen molar-refractivity contribution in [3.05, 3.63) is 59.9 Å². The molecule has 0 saturated heterocycles. The first-order valence-electron chi connectivity index (χ1n) is 11.9. The summed E-state index contributed by atoms with van der Waals surface area (Å²) in [6.07, 6.45) is 2.32. The Morgan fingerprint density at radius 1 is 1.00 bits per heavy atom. The predicted octanol–water partition coefficient (Wildman–Crippen LogP) is 6.42. The van der Waals surface area contributed by atoms with E-state index in [9.17, 15) is 14.0 Å². The van der Waals surface area contributed by atoms with Crippen LogP contribution in [0.15, 0.2) is 49.1 Å². The average Bonchev–Trinajstić information content (AvgIpc) is 3.22. The minimum absolute atomic E-state index is 0.0861. The minimum atomic E-state index is -0.968. The summed E-state index contributed by atoms with van der Waals surface area (Å²) >= 11 is 6.21. The normalized spacial score (nSPS) is 11.8. The number of hydrogen-bond acceptors (Lipinski definition) is 9. The standard InChI is InChI=1S/C26H27ClFN7O4/c1-25(2,3)38-23(36)35(24(37)39-26(4,5)6)20-12-19(30-14-31-20)32-22-15-13-34(33-18(15)10-11-29-22)21-16(27)8-7-9-17(21)28/h7-14H,1-6H3,(H,29,30,31,32). The first-order chi connectivity index (χ1) is 18.2.